The highest BCUT2D eigenvalue weighted by molar-refractivity contribution is 6.01. The van der Waals surface area contributed by atoms with Gasteiger partial charge in [-0.2, -0.15) is 0 Å². The van der Waals surface area contributed by atoms with Crippen LogP contribution in [-0.2, 0) is 98.0 Å². The molecule has 8 aromatic rings. The summed E-state index contributed by atoms with van der Waals surface area (Å²) in [6, 6.07) is 11.6. The number of carboxylic acids is 1. The van der Waals surface area contributed by atoms with Crippen molar-refractivity contribution in [3.05, 3.63) is 202 Å². The maximum Gasteiger partial charge on any atom is 0.354 e. The maximum absolute atomic E-state index is 13.1. The van der Waals surface area contributed by atoms with E-state index < -0.39 is 32.7 Å². The van der Waals surface area contributed by atoms with Gasteiger partial charge in [0, 0.05) is 138 Å². The number of hydrogen-bond donors (Lipinski definition) is 1. The van der Waals surface area contributed by atoms with Crippen LogP contribution in [-0.4, -0.2) is 117 Å². The zero-order valence-corrected chi connectivity index (χ0v) is 46.7. The Balaban J connectivity index is 0.000000293. The zero-order valence-electron chi connectivity index (χ0n) is 46.7. The standard InChI is InChI=1S/C28H29N5O7.C14H15N3O5.C13H13N3O5.2CH4/c1-29-13-17(6-22(29)26(35)11-19-8-24(28(37)40-5)31(3)15-19)9-25(34)21-7-18(14-30(21)2)10-27(36)23-12-20(33(38)39)16-32(23)4;1-15-7-9(4-12(15)14(19)22-3)5-13(18)11-6-10(17(20)21)8-16(11)2;1-14-6-8(3-11(14)13(18)19)4-12(17)10-5-9(16(20)21)7-15(10)2;;/h6-8,12-16H,9-11H2,1-5H3;4,6-8H,5H2,1-3H3;3,5-7H,4H2,1-2H3,(H,18,19);2*1H4. The average molecular weight is 1180 g/mol. The molecule has 450 valence electrons. The molecule has 0 atom stereocenters. The minimum atomic E-state index is -1.08. The van der Waals surface area contributed by atoms with Crippen molar-refractivity contribution in [2.75, 3.05) is 14.2 Å². The van der Waals surface area contributed by atoms with Gasteiger partial charge >= 0.3 is 17.9 Å². The second kappa shape index (κ2) is 27.8. The van der Waals surface area contributed by atoms with Gasteiger partial charge < -0.3 is 51.1 Å². The molecule has 8 rings (SSSR count). The van der Waals surface area contributed by atoms with E-state index in [2.05, 4.69) is 4.74 Å². The molecule has 0 aromatic carbocycles. The molecule has 0 unspecified atom stereocenters. The van der Waals surface area contributed by atoms with Gasteiger partial charge in [0.15, 0.2) is 28.9 Å². The van der Waals surface area contributed by atoms with Crippen molar-refractivity contribution in [3.8, 4) is 0 Å². The van der Waals surface area contributed by atoms with Crippen LogP contribution in [0.2, 0.25) is 0 Å². The van der Waals surface area contributed by atoms with Gasteiger partial charge in [0.05, 0.1) is 76.0 Å². The molecule has 0 aliphatic carbocycles. The Morgan fingerprint density at radius 1 is 0.353 bits per heavy atom. The molecule has 0 spiro atoms. The minimum Gasteiger partial charge on any atom is -0.477 e. The molecule has 0 bridgehead atoms. The van der Waals surface area contributed by atoms with Crippen LogP contribution in [0.15, 0.2) is 98.1 Å². The topological polar surface area (TPSA) is 344 Å². The summed E-state index contributed by atoms with van der Waals surface area (Å²) in [5.41, 5.74) is 4.93. The van der Waals surface area contributed by atoms with E-state index in [1.54, 1.807) is 130 Å². The van der Waals surface area contributed by atoms with Crippen LogP contribution in [0.4, 0.5) is 17.1 Å². The Morgan fingerprint density at radius 3 is 0.741 bits per heavy atom. The number of ketones is 5. The number of Topliss-reactive ketones (excluding diaryl/α,β-unsaturated/α-hetero) is 5. The van der Waals surface area contributed by atoms with Gasteiger partial charge in [0.2, 0.25) is 0 Å². The molecule has 0 aliphatic rings. The van der Waals surface area contributed by atoms with Gasteiger partial charge in [0.25, 0.3) is 17.1 Å². The Morgan fingerprint density at radius 2 is 0.541 bits per heavy atom. The highest BCUT2D eigenvalue weighted by Gasteiger charge is 2.25. The van der Waals surface area contributed by atoms with E-state index in [1.807, 2.05) is 0 Å². The predicted octanol–water partition coefficient (Wildman–Crippen LogP) is 7.16. The van der Waals surface area contributed by atoms with Crippen LogP contribution in [0.3, 0.4) is 0 Å². The van der Waals surface area contributed by atoms with Crippen molar-refractivity contribution in [3.63, 3.8) is 0 Å². The fourth-order valence-corrected chi connectivity index (χ4v) is 9.18. The summed E-state index contributed by atoms with van der Waals surface area (Å²) in [6.45, 7) is 0. The second-order valence-electron chi connectivity index (χ2n) is 19.4. The van der Waals surface area contributed by atoms with E-state index in [9.17, 15) is 68.7 Å². The quantitative estimate of drug-likeness (QED) is 0.0322. The highest BCUT2D eigenvalue weighted by Crippen LogP contribution is 2.23. The first-order valence-electron chi connectivity index (χ1n) is 24.7. The Kier molecular flexibility index (Phi) is 21.8. The molecular formula is C57H65N11O17. The molecule has 0 saturated heterocycles. The normalized spacial score (nSPS) is 10.5. The molecule has 85 heavy (non-hydrogen) atoms. The molecule has 0 amide bonds. The first-order chi connectivity index (χ1) is 39.0. The van der Waals surface area contributed by atoms with E-state index in [4.69, 9.17) is 9.84 Å². The third-order valence-corrected chi connectivity index (χ3v) is 13.2. The number of aryl methyl sites for hydroxylation is 8. The van der Waals surface area contributed by atoms with Gasteiger partial charge in [-0.15, -0.1) is 0 Å². The molecule has 8 heterocycles. The number of esters is 2. The summed E-state index contributed by atoms with van der Waals surface area (Å²) >= 11 is 0. The van der Waals surface area contributed by atoms with E-state index in [0.717, 1.165) is 0 Å². The number of ether oxygens (including phenoxy) is 2. The molecular weight excluding hydrogens is 1110 g/mol. The summed E-state index contributed by atoms with van der Waals surface area (Å²) in [7, 11) is 15.6. The van der Waals surface area contributed by atoms with E-state index >= 15 is 0 Å². The van der Waals surface area contributed by atoms with E-state index in [-0.39, 0.29) is 116 Å². The molecule has 0 fully saturated rings. The first-order valence-corrected chi connectivity index (χ1v) is 24.7. The number of hydrogen-bond acceptors (Lipinski definition) is 16. The van der Waals surface area contributed by atoms with Crippen LogP contribution in [0.5, 0.6) is 0 Å². The fourth-order valence-electron chi connectivity index (χ4n) is 9.18. The van der Waals surface area contributed by atoms with Crippen LogP contribution >= 0.6 is 0 Å². The van der Waals surface area contributed by atoms with Crippen LogP contribution in [0, 0.1) is 30.3 Å². The zero-order chi connectivity index (χ0) is 61.5. The van der Waals surface area contributed by atoms with E-state index in [0.29, 0.717) is 50.6 Å². The van der Waals surface area contributed by atoms with Crippen molar-refractivity contribution < 1.29 is 67.7 Å². The third-order valence-electron chi connectivity index (χ3n) is 13.2. The Labute approximate surface area is 486 Å². The van der Waals surface area contributed by atoms with Crippen molar-refractivity contribution in [1.82, 2.24) is 36.5 Å². The second-order valence-corrected chi connectivity index (χ2v) is 19.4. The lowest BCUT2D eigenvalue weighted by Crippen LogP contribution is -2.08. The first kappa shape index (κ1) is 66.7. The summed E-state index contributed by atoms with van der Waals surface area (Å²) in [5.74, 6) is -3.29. The summed E-state index contributed by atoms with van der Waals surface area (Å²) < 4.78 is 21.5. The molecule has 28 heteroatoms. The molecule has 0 saturated carbocycles. The number of carboxylic acid groups (broad SMARTS) is 1. The van der Waals surface area contributed by atoms with E-state index in [1.165, 1.54) is 75.3 Å². The molecule has 28 nitrogen and oxygen atoms in total. The lowest BCUT2D eigenvalue weighted by molar-refractivity contribution is -0.385. The van der Waals surface area contributed by atoms with Crippen LogP contribution in [0.1, 0.15) is 127 Å². The number of rotatable bonds is 21. The van der Waals surface area contributed by atoms with Gasteiger partial charge in [-0.1, -0.05) is 14.9 Å². The number of nitro groups is 3. The monoisotopic (exact) mass is 1180 g/mol. The number of aromatic nitrogens is 8. The fraction of sp³-hybridized carbons (Fsp3) is 0.298. The van der Waals surface area contributed by atoms with Crippen molar-refractivity contribution in [2.45, 2.75) is 47.0 Å². The number of nitrogens with zero attached hydrogens (tertiary/aromatic N) is 11. The number of methoxy groups -OCH3 is 2. The molecule has 0 radical (unpaired) electrons. The van der Waals surface area contributed by atoms with Crippen LogP contribution in [0.25, 0.3) is 0 Å². The Hall–Kier alpha value is -10.8. The maximum atomic E-state index is 13.1. The molecule has 1 N–H and O–H groups in total. The van der Waals surface area contributed by atoms with Crippen molar-refractivity contribution in [1.29, 1.82) is 0 Å². The minimum absolute atomic E-state index is 0. The van der Waals surface area contributed by atoms with Gasteiger partial charge in [-0.3, -0.25) is 54.3 Å². The summed E-state index contributed by atoms with van der Waals surface area (Å²) in [5, 5.41) is 41.4. The Bertz CT molecular complexity index is 3920. The largest absolute Gasteiger partial charge is 0.477 e. The number of aromatic carboxylic acids is 1. The SMILES string of the molecule is C.C.COC(=O)c1cc(CC(=O)c2cc(CC(=O)c3cc(CC(=O)c4cc([N+](=O)[O-])cn4C)cn3C)cn2C)cn1C.COC(=O)c1cc(CC(=O)c2cc([N+](=O)[O-])cn2C)cn1C.Cn1cc(CC(=O)c2cc([N+](=O)[O-])cn2C)cc1C(=O)O. The summed E-state index contributed by atoms with van der Waals surface area (Å²) in [6.07, 6.45) is 12.3. The average Bonchev–Trinajstić information content (AvgIpc) is 3.55. The predicted molar refractivity (Wildman–Crippen MR) is 307 cm³/mol. The van der Waals surface area contributed by atoms with Crippen molar-refractivity contribution >= 4 is 63.9 Å². The summed E-state index contributed by atoms with van der Waals surface area (Å²) in [4.78, 5) is 128. The van der Waals surface area contributed by atoms with Gasteiger partial charge in [0.1, 0.15) is 17.1 Å². The number of carbonyl (C=O) groups is 8. The van der Waals surface area contributed by atoms with Crippen LogP contribution < -0.4 is 0 Å². The number of carbonyl (C=O) groups excluding carboxylic acids is 7. The van der Waals surface area contributed by atoms with Crippen molar-refractivity contribution in [2.24, 2.45) is 56.4 Å². The lowest BCUT2D eigenvalue weighted by atomic mass is 10.1. The smallest absolute Gasteiger partial charge is 0.354 e. The molecule has 0 aliphatic heterocycles. The van der Waals surface area contributed by atoms with Gasteiger partial charge in [-0.05, 0) is 58.1 Å². The highest BCUT2D eigenvalue weighted by atomic mass is 16.6. The van der Waals surface area contributed by atoms with Gasteiger partial charge in [-0.25, -0.2) is 14.4 Å². The third kappa shape index (κ3) is 15.8. The lowest BCUT2D eigenvalue weighted by Gasteiger charge is -2.00. The molecule has 8 aromatic heterocycles.